The molecule has 4 aromatic rings. The van der Waals surface area contributed by atoms with Crippen LogP contribution in [0.4, 0.5) is 10.1 Å². The number of halogens is 3. The maximum atomic E-state index is 15.0. The summed E-state index contributed by atoms with van der Waals surface area (Å²) in [6.45, 7) is 3.76. The quantitative estimate of drug-likeness (QED) is 0.151. The molecular formula is C24H19Cl2FN4O4S. The van der Waals surface area contributed by atoms with Crippen molar-refractivity contribution in [3.05, 3.63) is 78.6 Å². The van der Waals surface area contributed by atoms with Gasteiger partial charge in [0.25, 0.3) is 0 Å². The molecule has 4 rings (SSSR count). The summed E-state index contributed by atoms with van der Waals surface area (Å²) in [5, 5.41) is 11.5. The Morgan fingerprint density at radius 1 is 1.25 bits per heavy atom. The van der Waals surface area contributed by atoms with Crippen molar-refractivity contribution in [3.8, 4) is 22.7 Å². The lowest BCUT2D eigenvalue weighted by atomic mass is 10.1. The van der Waals surface area contributed by atoms with E-state index in [0.29, 0.717) is 16.3 Å². The lowest BCUT2D eigenvalue weighted by Gasteiger charge is -2.19. The Kier molecular flexibility index (Phi) is 7.21. The zero-order chi connectivity index (χ0) is 26.3. The molecule has 0 amide bonds. The molecule has 0 aliphatic rings. The second-order valence-electron chi connectivity index (χ2n) is 7.97. The van der Waals surface area contributed by atoms with E-state index in [1.165, 1.54) is 37.1 Å². The van der Waals surface area contributed by atoms with E-state index < -0.39 is 27.0 Å². The number of rotatable bonds is 6. The van der Waals surface area contributed by atoms with Crippen molar-refractivity contribution in [1.82, 2.24) is 14.5 Å². The normalized spacial score (nSPS) is 11.3. The van der Waals surface area contributed by atoms with Crippen molar-refractivity contribution in [2.75, 3.05) is 13.4 Å². The molecule has 0 radical (unpaired) electrons. The molecule has 0 saturated heterocycles. The van der Waals surface area contributed by atoms with Crippen molar-refractivity contribution in [3.63, 3.8) is 0 Å². The summed E-state index contributed by atoms with van der Waals surface area (Å²) in [5.41, 5.74) is -1.06. The standard InChI is InChI=1S/C24H19Cl2FN4O4S/c1-11(2)19-21(16(36-4)8-9-28-19)30-23-12(18(26)22(24(30)32)31(33)34)10-13(25)20(29-23)17-14(27)6-5-7-15(17)35-3/h5-11H,1-4H3. The first kappa shape index (κ1) is 25.9. The molecule has 0 saturated carbocycles. The zero-order valence-electron chi connectivity index (χ0n) is 19.5. The molecule has 0 unspecified atom stereocenters. The lowest BCUT2D eigenvalue weighted by Crippen LogP contribution is -2.25. The molecule has 36 heavy (non-hydrogen) atoms. The van der Waals surface area contributed by atoms with Crippen molar-refractivity contribution >= 4 is 51.7 Å². The highest BCUT2D eigenvalue weighted by Gasteiger charge is 2.30. The number of pyridine rings is 3. The van der Waals surface area contributed by atoms with Gasteiger partial charge in [-0.2, -0.15) is 0 Å². The first-order valence-electron chi connectivity index (χ1n) is 10.6. The molecule has 0 aliphatic carbocycles. The van der Waals surface area contributed by atoms with Crippen LogP contribution in [0.1, 0.15) is 25.5 Å². The lowest BCUT2D eigenvalue weighted by molar-refractivity contribution is -0.386. The SMILES string of the molecule is COc1cccc(F)c1-c1nc2c(cc1Cl)c(Cl)c([N+](=O)[O-])c(=O)n2-c1c(SC)ccnc1C(C)C. The van der Waals surface area contributed by atoms with Crippen molar-refractivity contribution in [2.24, 2.45) is 0 Å². The van der Waals surface area contributed by atoms with E-state index in [2.05, 4.69) is 9.97 Å². The van der Waals surface area contributed by atoms with Crippen LogP contribution in [-0.4, -0.2) is 32.8 Å². The van der Waals surface area contributed by atoms with E-state index in [4.69, 9.17) is 27.9 Å². The van der Waals surface area contributed by atoms with E-state index in [0.717, 1.165) is 4.57 Å². The number of methoxy groups -OCH3 is 1. The largest absolute Gasteiger partial charge is 0.496 e. The number of hydrogen-bond acceptors (Lipinski definition) is 7. The van der Waals surface area contributed by atoms with Crippen LogP contribution in [0.3, 0.4) is 0 Å². The highest BCUT2D eigenvalue weighted by atomic mass is 35.5. The molecule has 0 atom stereocenters. The minimum atomic E-state index is -0.996. The number of fused-ring (bicyclic) bond motifs is 1. The van der Waals surface area contributed by atoms with Crippen LogP contribution in [0.2, 0.25) is 10.0 Å². The summed E-state index contributed by atoms with van der Waals surface area (Å²) in [6.07, 6.45) is 3.41. The Morgan fingerprint density at radius 2 is 1.97 bits per heavy atom. The van der Waals surface area contributed by atoms with Crippen molar-refractivity contribution in [1.29, 1.82) is 0 Å². The number of thioether (sulfide) groups is 1. The van der Waals surface area contributed by atoms with Crippen LogP contribution in [-0.2, 0) is 0 Å². The minimum absolute atomic E-state index is 0.0159. The van der Waals surface area contributed by atoms with E-state index in [1.54, 1.807) is 24.6 Å². The Hall–Kier alpha value is -3.21. The highest BCUT2D eigenvalue weighted by molar-refractivity contribution is 7.98. The molecule has 3 heterocycles. The topological polar surface area (TPSA) is 100 Å². The maximum absolute atomic E-state index is 15.0. The Balaban J connectivity index is 2.28. The summed E-state index contributed by atoms with van der Waals surface area (Å²) in [5.74, 6) is -0.638. The summed E-state index contributed by atoms with van der Waals surface area (Å²) in [7, 11) is 1.37. The van der Waals surface area contributed by atoms with E-state index in [1.807, 2.05) is 13.8 Å². The predicted molar refractivity (Wildman–Crippen MR) is 140 cm³/mol. The fourth-order valence-corrected chi connectivity index (χ4v) is 5.06. The summed E-state index contributed by atoms with van der Waals surface area (Å²) in [6, 6.07) is 7.26. The fourth-order valence-electron chi connectivity index (χ4n) is 3.94. The maximum Gasteiger partial charge on any atom is 0.353 e. The average molecular weight is 549 g/mol. The van der Waals surface area contributed by atoms with E-state index >= 15 is 0 Å². The Bertz CT molecular complexity index is 1590. The predicted octanol–water partition coefficient (Wildman–Crippen LogP) is 6.66. The van der Waals surface area contributed by atoms with Crippen LogP contribution in [0, 0.1) is 15.9 Å². The van der Waals surface area contributed by atoms with Gasteiger partial charge < -0.3 is 4.74 Å². The average Bonchev–Trinajstić information content (AvgIpc) is 2.84. The van der Waals surface area contributed by atoms with Crippen LogP contribution in [0.15, 0.2) is 46.2 Å². The van der Waals surface area contributed by atoms with Gasteiger partial charge in [-0.15, -0.1) is 11.8 Å². The van der Waals surface area contributed by atoms with Gasteiger partial charge in [0.2, 0.25) is 0 Å². The second kappa shape index (κ2) is 10.0. The first-order chi connectivity index (χ1) is 17.1. The molecule has 8 nitrogen and oxygen atoms in total. The smallest absolute Gasteiger partial charge is 0.353 e. The van der Waals surface area contributed by atoms with Gasteiger partial charge in [0.1, 0.15) is 22.2 Å². The Labute approximate surface area is 219 Å². The van der Waals surface area contributed by atoms with Gasteiger partial charge in [-0.3, -0.25) is 24.5 Å². The van der Waals surface area contributed by atoms with Gasteiger partial charge in [0, 0.05) is 16.5 Å². The van der Waals surface area contributed by atoms with E-state index in [-0.39, 0.29) is 39.0 Å². The van der Waals surface area contributed by atoms with Crippen molar-refractivity contribution in [2.45, 2.75) is 24.7 Å². The van der Waals surface area contributed by atoms with Gasteiger partial charge in [-0.05, 0) is 36.4 Å². The summed E-state index contributed by atoms with van der Waals surface area (Å²) in [4.78, 5) is 34.3. The molecule has 0 fully saturated rings. The molecule has 3 aromatic heterocycles. The third-order valence-corrected chi connectivity index (χ3v) is 6.98. The van der Waals surface area contributed by atoms with Crippen LogP contribution in [0.5, 0.6) is 5.75 Å². The van der Waals surface area contributed by atoms with Crippen molar-refractivity contribution < 1.29 is 14.1 Å². The second-order valence-corrected chi connectivity index (χ2v) is 9.60. The van der Waals surface area contributed by atoms with Crippen LogP contribution < -0.4 is 10.3 Å². The Morgan fingerprint density at radius 3 is 2.58 bits per heavy atom. The third kappa shape index (κ3) is 4.19. The van der Waals surface area contributed by atoms with Gasteiger partial charge >= 0.3 is 11.2 Å². The van der Waals surface area contributed by atoms with Gasteiger partial charge in [-0.25, -0.2) is 9.37 Å². The zero-order valence-corrected chi connectivity index (χ0v) is 21.8. The van der Waals surface area contributed by atoms with Crippen LogP contribution >= 0.6 is 35.0 Å². The number of nitro groups is 1. The molecule has 0 N–H and O–H groups in total. The molecule has 0 bridgehead atoms. The van der Waals surface area contributed by atoms with Gasteiger partial charge in [0.05, 0.1) is 39.7 Å². The van der Waals surface area contributed by atoms with Gasteiger partial charge in [-0.1, -0.05) is 43.1 Å². The summed E-state index contributed by atoms with van der Waals surface area (Å²) < 4.78 is 21.4. The highest BCUT2D eigenvalue weighted by Crippen LogP contribution is 2.41. The molecule has 186 valence electrons. The number of benzene rings is 1. The number of hydrogen-bond donors (Lipinski definition) is 0. The minimum Gasteiger partial charge on any atom is -0.496 e. The number of ether oxygens (including phenoxy) is 1. The first-order valence-corrected chi connectivity index (χ1v) is 12.6. The number of aromatic nitrogens is 3. The molecule has 0 spiro atoms. The van der Waals surface area contributed by atoms with Gasteiger partial charge in [0.15, 0.2) is 0 Å². The van der Waals surface area contributed by atoms with Crippen LogP contribution in [0.25, 0.3) is 28.0 Å². The molecule has 12 heteroatoms. The summed E-state index contributed by atoms with van der Waals surface area (Å²) >= 11 is 14.2. The molecule has 0 aliphatic heterocycles. The molecule has 1 aromatic carbocycles. The number of nitrogens with zero attached hydrogens (tertiary/aromatic N) is 4. The molecular weight excluding hydrogens is 530 g/mol. The third-order valence-electron chi connectivity index (χ3n) is 5.54. The monoisotopic (exact) mass is 548 g/mol. The van der Waals surface area contributed by atoms with E-state index in [9.17, 15) is 19.3 Å². The fraction of sp³-hybridized carbons (Fsp3) is 0.208.